The van der Waals surface area contributed by atoms with Crippen molar-refractivity contribution in [2.75, 3.05) is 0 Å². The molecule has 0 aliphatic rings. The fraction of sp³-hybridized carbons (Fsp3) is 0. The molecule has 2 aromatic carbocycles. The van der Waals surface area contributed by atoms with Gasteiger partial charge >= 0.3 is 0 Å². The summed E-state index contributed by atoms with van der Waals surface area (Å²) in [5.41, 5.74) is 17.9. The van der Waals surface area contributed by atoms with Gasteiger partial charge in [-0.3, -0.25) is 9.59 Å². The van der Waals surface area contributed by atoms with Crippen molar-refractivity contribution < 1.29 is 9.59 Å². The summed E-state index contributed by atoms with van der Waals surface area (Å²) in [4.78, 5) is 27.5. The number of carbonyl (C=O) groups is 2. The molecule has 0 N–H and O–H groups in total. The Kier molecular flexibility index (Phi) is 5.36. The molecule has 0 aliphatic carbocycles. The summed E-state index contributed by atoms with van der Waals surface area (Å²) < 4.78 is 0. The molecule has 0 fully saturated rings. The molecule has 0 atom stereocenters. The van der Waals surface area contributed by atoms with Crippen LogP contribution < -0.4 is 0 Å². The standard InChI is InChI=1S/C14H8N8O2/c15-21-19-13(23)9-1-5-11(6-2-9)17-18-12-7-3-10(4-8-12)14(24)20-22-16/h1-8H. The Morgan fingerprint density at radius 1 is 0.667 bits per heavy atom. The molecule has 0 radical (unpaired) electrons. The molecule has 0 heterocycles. The van der Waals surface area contributed by atoms with E-state index in [9.17, 15) is 9.59 Å². The second-order valence-electron chi connectivity index (χ2n) is 4.28. The Bertz CT molecular complexity index is 814. The summed E-state index contributed by atoms with van der Waals surface area (Å²) in [5, 5.41) is 13.9. The highest BCUT2D eigenvalue weighted by Gasteiger charge is 2.03. The van der Waals surface area contributed by atoms with Crippen molar-refractivity contribution in [1.82, 2.24) is 0 Å². The lowest BCUT2D eigenvalue weighted by molar-refractivity contribution is 0.0992. The van der Waals surface area contributed by atoms with E-state index in [1.165, 1.54) is 24.3 Å². The maximum absolute atomic E-state index is 11.3. The van der Waals surface area contributed by atoms with Crippen LogP contribution in [0.25, 0.3) is 20.9 Å². The molecule has 2 amide bonds. The van der Waals surface area contributed by atoms with Crippen LogP contribution in [-0.2, 0) is 0 Å². The maximum Gasteiger partial charge on any atom is 0.249 e. The van der Waals surface area contributed by atoms with Gasteiger partial charge in [-0.1, -0.05) is 0 Å². The van der Waals surface area contributed by atoms with Gasteiger partial charge in [-0.25, -0.2) is 0 Å². The molecule has 10 nitrogen and oxygen atoms in total. The zero-order valence-electron chi connectivity index (χ0n) is 12.0. The van der Waals surface area contributed by atoms with Gasteiger partial charge < -0.3 is 0 Å². The number of nitrogens with zero attached hydrogens (tertiary/aromatic N) is 8. The third kappa shape index (κ3) is 4.25. The SMILES string of the molecule is [N-]=[N+]=NC(=O)c1ccc(N=Nc2ccc(C(=O)N=[N+]=[N-])cc2)cc1. The van der Waals surface area contributed by atoms with E-state index in [2.05, 4.69) is 30.3 Å². The average molecular weight is 320 g/mol. The quantitative estimate of drug-likeness (QED) is 0.441. The molecule has 0 saturated heterocycles. The molecule has 116 valence electrons. The van der Waals surface area contributed by atoms with Crippen molar-refractivity contribution in [1.29, 1.82) is 0 Å². The highest BCUT2D eigenvalue weighted by Crippen LogP contribution is 2.19. The molecule has 2 aromatic rings. The molecule has 10 heteroatoms. The Balaban J connectivity index is 2.10. The monoisotopic (exact) mass is 320 g/mol. The predicted octanol–water partition coefficient (Wildman–Crippen LogP) is 5.00. The van der Waals surface area contributed by atoms with Gasteiger partial charge in [0, 0.05) is 21.0 Å². The Morgan fingerprint density at radius 3 is 1.29 bits per heavy atom. The maximum atomic E-state index is 11.3. The predicted molar refractivity (Wildman–Crippen MR) is 84.0 cm³/mol. The first kappa shape index (κ1) is 16.4. The fourth-order valence-corrected chi connectivity index (χ4v) is 1.65. The van der Waals surface area contributed by atoms with Gasteiger partial charge in [0.15, 0.2) is 0 Å². The van der Waals surface area contributed by atoms with Crippen molar-refractivity contribution in [2.24, 2.45) is 20.5 Å². The summed E-state index contributed by atoms with van der Waals surface area (Å²) in [7, 11) is 0. The third-order valence-corrected chi connectivity index (χ3v) is 2.78. The highest BCUT2D eigenvalue weighted by molar-refractivity contribution is 5.95. The lowest BCUT2D eigenvalue weighted by atomic mass is 10.2. The first-order valence-electron chi connectivity index (χ1n) is 6.45. The van der Waals surface area contributed by atoms with Crippen LogP contribution in [0.3, 0.4) is 0 Å². The van der Waals surface area contributed by atoms with Gasteiger partial charge in [-0.2, -0.15) is 10.2 Å². The highest BCUT2D eigenvalue weighted by atomic mass is 16.2. The summed E-state index contributed by atoms with van der Waals surface area (Å²) in [6.45, 7) is 0. The van der Waals surface area contributed by atoms with Crippen molar-refractivity contribution in [3.63, 3.8) is 0 Å². The van der Waals surface area contributed by atoms with Gasteiger partial charge in [0.25, 0.3) is 0 Å². The van der Waals surface area contributed by atoms with E-state index in [4.69, 9.17) is 11.1 Å². The van der Waals surface area contributed by atoms with Crippen LogP contribution >= 0.6 is 0 Å². The molecule has 0 aromatic heterocycles. The van der Waals surface area contributed by atoms with E-state index < -0.39 is 11.8 Å². The normalized spacial score (nSPS) is 9.83. The summed E-state index contributed by atoms with van der Waals surface area (Å²) in [6, 6.07) is 12.0. The van der Waals surface area contributed by atoms with Gasteiger partial charge in [0.1, 0.15) is 0 Å². The molecule has 0 saturated carbocycles. The van der Waals surface area contributed by atoms with Crippen molar-refractivity contribution in [3.05, 3.63) is 80.5 Å². The number of carbonyl (C=O) groups excluding carboxylic acids is 2. The fourth-order valence-electron chi connectivity index (χ4n) is 1.65. The summed E-state index contributed by atoms with van der Waals surface area (Å²) in [5.74, 6) is -1.36. The van der Waals surface area contributed by atoms with E-state index in [0.29, 0.717) is 11.4 Å². The van der Waals surface area contributed by atoms with Crippen molar-refractivity contribution in [2.45, 2.75) is 0 Å². The van der Waals surface area contributed by atoms with E-state index in [1.54, 1.807) is 24.3 Å². The average Bonchev–Trinajstić information content (AvgIpc) is 2.61. The van der Waals surface area contributed by atoms with E-state index in [0.717, 1.165) is 0 Å². The van der Waals surface area contributed by atoms with Crippen LogP contribution in [0.15, 0.2) is 69.0 Å². The Hall–Kier alpha value is -4.00. The van der Waals surface area contributed by atoms with Crippen molar-refractivity contribution >= 4 is 23.2 Å². The van der Waals surface area contributed by atoms with Gasteiger partial charge in [0.05, 0.1) is 11.4 Å². The van der Waals surface area contributed by atoms with Crippen LogP contribution in [0, 0.1) is 0 Å². The molecule has 0 aliphatic heterocycles. The number of benzene rings is 2. The molecular formula is C14H8N8O2. The van der Waals surface area contributed by atoms with Gasteiger partial charge in [0.2, 0.25) is 11.8 Å². The number of azo groups is 1. The number of rotatable bonds is 4. The van der Waals surface area contributed by atoms with Crippen LogP contribution in [0.4, 0.5) is 11.4 Å². The Labute approximate surface area is 134 Å². The van der Waals surface area contributed by atoms with E-state index in [1.807, 2.05) is 0 Å². The first-order chi connectivity index (χ1) is 11.6. The zero-order valence-corrected chi connectivity index (χ0v) is 12.0. The van der Waals surface area contributed by atoms with Crippen LogP contribution in [-0.4, -0.2) is 11.8 Å². The molecule has 0 bridgehead atoms. The molecule has 24 heavy (non-hydrogen) atoms. The number of azide groups is 2. The van der Waals surface area contributed by atoms with Crippen LogP contribution in [0.1, 0.15) is 20.7 Å². The zero-order chi connectivity index (χ0) is 17.4. The van der Waals surface area contributed by atoms with Gasteiger partial charge in [-0.05, 0) is 69.8 Å². The lowest BCUT2D eigenvalue weighted by Gasteiger charge is -1.97. The molecule has 0 spiro atoms. The number of amides is 2. The molecular weight excluding hydrogens is 312 g/mol. The topological polar surface area (TPSA) is 156 Å². The van der Waals surface area contributed by atoms with E-state index >= 15 is 0 Å². The second-order valence-corrected chi connectivity index (χ2v) is 4.28. The van der Waals surface area contributed by atoms with Gasteiger partial charge in [-0.15, -0.1) is 0 Å². The van der Waals surface area contributed by atoms with Crippen molar-refractivity contribution in [3.8, 4) is 0 Å². The summed E-state index contributed by atoms with van der Waals surface area (Å²) >= 11 is 0. The Morgan fingerprint density at radius 2 is 1.00 bits per heavy atom. The lowest BCUT2D eigenvalue weighted by Crippen LogP contribution is -1.91. The first-order valence-corrected chi connectivity index (χ1v) is 6.45. The number of hydrogen-bond acceptors (Lipinski definition) is 4. The smallest absolute Gasteiger partial charge is 0.249 e. The number of hydrogen-bond donors (Lipinski definition) is 0. The second kappa shape index (κ2) is 7.85. The van der Waals surface area contributed by atoms with E-state index in [-0.39, 0.29) is 11.1 Å². The van der Waals surface area contributed by atoms with Crippen LogP contribution in [0.2, 0.25) is 0 Å². The summed E-state index contributed by atoms with van der Waals surface area (Å²) in [6.07, 6.45) is 0. The minimum absolute atomic E-state index is 0.243. The largest absolute Gasteiger partial charge is 0.287 e. The minimum atomic E-state index is -0.679. The van der Waals surface area contributed by atoms with Crippen LogP contribution in [0.5, 0.6) is 0 Å². The molecule has 2 rings (SSSR count). The minimum Gasteiger partial charge on any atom is -0.287 e. The third-order valence-electron chi connectivity index (χ3n) is 2.78. The molecule has 0 unspecified atom stereocenters.